The van der Waals surface area contributed by atoms with Gasteiger partial charge in [-0.05, 0) is 49.4 Å². The van der Waals surface area contributed by atoms with Crippen molar-refractivity contribution >= 4 is 34.5 Å². The number of hydrogen-bond donors (Lipinski definition) is 4. The lowest BCUT2D eigenvalue weighted by atomic mass is 9.85. The van der Waals surface area contributed by atoms with E-state index in [1.807, 2.05) is 0 Å². The zero-order valence-corrected chi connectivity index (χ0v) is 25.1. The third-order valence-corrected chi connectivity index (χ3v) is 7.49. The Labute approximate surface area is 258 Å². The molecule has 0 radical (unpaired) electrons. The van der Waals surface area contributed by atoms with Gasteiger partial charge in [-0.25, -0.2) is 13.8 Å². The highest BCUT2D eigenvalue weighted by molar-refractivity contribution is 6.01. The molecule has 1 saturated carbocycles. The van der Waals surface area contributed by atoms with Crippen LogP contribution in [0.3, 0.4) is 0 Å². The van der Waals surface area contributed by atoms with Crippen LogP contribution in [0.1, 0.15) is 67.9 Å². The number of rotatable bonds is 9. The van der Waals surface area contributed by atoms with Crippen LogP contribution in [0.15, 0.2) is 30.3 Å². The molecule has 0 bridgehead atoms. The first-order chi connectivity index (χ1) is 21.3. The first-order valence-electron chi connectivity index (χ1n) is 14.4. The van der Waals surface area contributed by atoms with E-state index in [1.165, 1.54) is 24.3 Å². The second-order valence-electron chi connectivity index (χ2n) is 12.2. The number of halogens is 8. The fourth-order valence-corrected chi connectivity index (χ4v) is 5.00. The predicted octanol–water partition coefficient (Wildman–Crippen LogP) is 7.48. The molecule has 4 rings (SSSR count). The van der Waals surface area contributed by atoms with E-state index in [4.69, 9.17) is 4.74 Å². The number of aromatic nitrogens is 2. The van der Waals surface area contributed by atoms with E-state index in [9.17, 15) is 44.7 Å². The molecule has 0 aliphatic heterocycles. The van der Waals surface area contributed by atoms with Gasteiger partial charge >= 0.3 is 12.4 Å². The number of alkyl halides is 8. The average molecular weight is 664 g/mol. The zero-order chi connectivity index (χ0) is 34.0. The molecule has 0 atom stereocenters. The summed E-state index contributed by atoms with van der Waals surface area (Å²) >= 11 is 0. The number of anilines is 2. The van der Waals surface area contributed by atoms with Crippen molar-refractivity contribution in [3.8, 4) is 5.75 Å². The summed E-state index contributed by atoms with van der Waals surface area (Å²) in [5.41, 5.74) is -1.81. The van der Waals surface area contributed by atoms with Crippen LogP contribution in [0.25, 0.3) is 11.0 Å². The molecule has 1 aromatic heterocycles. The van der Waals surface area contributed by atoms with Gasteiger partial charge in [0.25, 0.3) is 12.3 Å². The molecular weight excluding hydrogens is 630 g/mol. The van der Waals surface area contributed by atoms with E-state index < -0.39 is 59.9 Å². The van der Waals surface area contributed by atoms with Crippen molar-refractivity contribution in [1.82, 2.24) is 20.6 Å². The van der Waals surface area contributed by atoms with Gasteiger partial charge in [-0.15, -0.1) is 0 Å². The maximum atomic E-state index is 13.9. The van der Waals surface area contributed by atoms with E-state index in [2.05, 4.69) is 25.9 Å². The number of aromatic amines is 1. The van der Waals surface area contributed by atoms with Crippen molar-refractivity contribution in [2.24, 2.45) is 11.3 Å². The lowest BCUT2D eigenvalue weighted by Crippen LogP contribution is -2.40. The fourth-order valence-electron chi connectivity index (χ4n) is 5.00. The van der Waals surface area contributed by atoms with Gasteiger partial charge in [0.1, 0.15) is 12.4 Å². The van der Waals surface area contributed by atoms with Crippen molar-refractivity contribution < 1.29 is 49.4 Å². The molecule has 0 unspecified atom stereocenters. The minimum atomic E-state index is -4.76. The zero-order valence-electron chi connectivity index (χ0n) is 25.1. The van der Waals surface area contributed by atoms with Crippen LogP contribution in [-0.2, 0) is 17.5 Å². The average Bonchev–Trinajstić information content (AvgIpc) is 3.34. The highest BCUT2D eigenvalue weighted by Gasteiger charge is 2.41. The van der Waals surface area contributed by atoms with Gasteiger partial charge in [-0.2, -0.15) is 26.3 Å². The number of ether oxygens (including phenoxy) is 1. The number of hydrogen-bond acceptors (Lipinski definition) is 5. The Morgan fingerprint density at radius 1 is 1.00 bits per heavy atom. The molecule has 16 heteroatoms. The molecule has 1 fully saturated rings. The van der Waals surface area contributed by atoms with Crippen molar-refractivity contribution in [1.29, 1.82) is 0 Å². The Morgan fingerprint density at radius 2 is 1.67 bits per heavy atom. The topological polar surface area (TPSA) is 108 Å². The molecule has 8 nitrogen and oxygen atoms in total. The summed E-state index contributed by atoms with van der Waals surface area (Å²) in [5, 5.41) is 7.86. The number of fused-ring (bicyclic) bond motifs is 1. The summed E-state index contributed by atoms with van der Waals surface area (Å²) in [5.74, 6) is -3.03. The SMILES string of the molecule is CC(C)(C)C(=O)NCc1ccc(C(F)(F)F)c(Nc2nc3cc(C(=O)NC4CCC(C(F)(F)F)CC4)c(OCC(F)F)cc3[nH]2)c1. The number of nitrogens with zero attached hydrogens (tertiary/aromatic N) is 1. The number of carbonyl (C=O) groups excluding carboxylic acids is 2. The van der Waals surface area contributed by atoms with Crippen LogP contribution in [0, 0.1) is 11.3 Å². The Bertz CT molecular complexity index is 1550. The Morgan fingerprint density at radius 3 is 2.26 bits per heavy atom. The van der Waals surface area contributed by atoms with Crippen LogP contribution in [-0.4, -0.2) is 47.0 Å². The van der Waals surface area contributed by atoms with E-state index >= 15 is 0 Å². The molecule has 46 heavy (non-hydrogen) atoms. The molecule has 4 N–H and O–H groups in total. The lowest BCUT2D eigenvalue weighted by Gasteiger charge is -2.30. The number of H-pyrrole nitrogens is 1. The van der Waals surface area contributed by atoms with Crippen molar-refractivity contribution in [2.45, 2.75) is 77.8 Å². The van der Waals surface area contributed by atoms with E-state index in [1.54, 1.807) is 20.8 Å². The number of amides is 2. The Hall–Kier alpha value is -4.11. The minimum Gasteiger partial charge on any atom is -0.487 e. The molecule has 0 spiro atoms. The summed E-state index contributed by atoms with van der Waals surface area (Å²) in [4.78, 5) is 32.4. The number of benzene rings is 2. The molecular formula is C30H33F8N5O3. The summed E-state index contributed by atoms with van der Waals surface area (Å²) in [6.45, 7) is 3.93. The van der Waals surface area contributed by atoms with Crippen molar-refractivity contribution in [3.05, 3.63) is 47.0 Å². The number of nitrogens with one attached hydrogen (secondary N) is 4. The fraction of sp³-hybridized carbons (Fsp3) is 0.500. The number of imidazole rings is 1. The van der Waals surface area contributed by atoms with Gasteiger partial charge in [0, 0.05) is 24.1 Å². The maximum absolute atomic E-state index is 13.9. The van der Waals surface area contributed by atoms with E-state index in [-0.39, 0.29) is 66.4 Å². The first kappa shape index (κ1) is 34.8. The quantitative estimate of drug-likeness (QED) is 0.178. The summed E-state index contributed by atoms with van der Waals surface area (Å²) in [6, 6.07) is 5.06. The molecule has 1 heterocycles. The molecule has 1 aliphatic rings. The first-order valence-corrected chi connectivity index (χ1v) is 14.4. The highest BCUT2D eigenvalue weighted by atomic mass is 19.4. The third kappa shape index (κ3) is 8.78. The minimum absolute atomic E-state index is 0.0514. The summed E-state index contributed by atoms with van der Waals surface area (Å²) < 4.78 is 112. The molecule has 0 saturated heterocycles. The molecule has 252 valence electrons. The monoisotopic (exact) mass is 663 g/mol. The number of carbonyl (C=O) groups is 2. The van der Waals surface area contributed by atoms with Crippen LogP contribution in [0.4, 0.5) is 46.8 Å². The molecule has 3 aromatic rings. The maximum Gasteiger partial charge on any atom is 0.418 e. The second-order valence-corrected chi connectivity index (χ2v) is 12.2. The van der Waals surface area contributed by atoms with Crippen LogP contribution >= 0.6 is 0 Å². The van der Waals surface area contributed by atoms with Crippen molar-refractivity contribution in [3.63, 3.8) is 0 Å². The van der Waals surface area contributed by atoms with Gasteiger partial charge < -0.3 is 25.7 Å². The second kappa shape index (κ2) is 13.3. The molecule has 2 aromatic carbocycles. The highest BCUT2D eigenvalue weighted by Crippen LogP contribution is 2.39. The van der Waals surface area contributed by atoms with Crippen LogP contribution < -0.4 is 20.7 Å². The van der Waals surface area contributed by atoms with Gasteiger partial charge in [0.15, 0.2) is 0 Å². The van der Waals surface area contributed by atoms with Gasteiger partial charge in [-0.1, -0.05) is 26.8 Å². The summed E-state index contributed by atoms with van der Waals surface area (Å²) in [7, 11) is 0. The normalized spacial score (nSPS) is 17.7. The van der Waals surface area contributed by atoms with Gasteiger partial charge in [-0.3, -0.25) is 9.59 Å². The Balaban J connectivity index is 1.60. The third-order valence-electron chi connectivity index (χ3n) is 7.49. The van der Waals surface area contributed by atoms with E-state index in [0.29, 0.717) is 5.56 Å². The smallest absolute Gasteiger partial charge is 0.418 e. The molecule has 1 aliphatic carbocycles. The van der Waals surface area contributed by atoms with Gasteiger partial charge in [0.05, 0.1) is 33.8 Å². The lowest BCUT2D eigenvalue weighted by molar-refractivity contribution is -0.182. The Kier molecular flexibility index (Phi) is 10.1. The predicted molar refractivity (Wildman–Crippen MR) is 153 cm³/mol. The van der Waals surface area contributed by atoms with Gasteiger partial charge in [0.2, 0.25) is 11.9 Å². The largest absolute Gasteiger partial charge is 0.487 e. The standard InChI is InChI=1S/C30H33F8N5O3/c1-28(2,3)26(45)39-13-15-4-9-19(30(36,37)38)20(10-15)41-27-42-21-11-18(23(12-22(21)43-27)46-14-24(31)32)25(44)40-17-7-5-16(6-8-17)29(33,34)35/h4,9-12,16-17,24H,5-8,13-14H2,1-3H3,(H,39,45)(H,40,44)(H2,41,42,43). The van der Waals surface area contributed by atoms with Crippen LogP contribution in [0.5, 0.6) is 5.75 Å². The van der Waals surface area contributed by atoms with Crippen LogP contribution in [0.2, 0.25) is 0 Å². The summed E-state index contributed by atoms with van der Waals surface area (Å²) in [6.07, 6.45) is -12.2. The van der Waals surface area contributed by atoms with E-state index in [0.717, 1.165) is 6.07 Å². The molecule has 2 amide bonds. The van der Waals surface area contributed by atoms with Crippen molar-refractivity contribution in [2.75, 3.05) is 11.9 Å².